The number of anilines is 2. The fourth-order valence-corrected chi connectivity index (χ4v) is 6.52. The molecule has 4 aliphatic rings. The molecule has 0 unspecified atom stereocenters. The topological polar surface area (TPSA) is 73.0 Å². The highest BCUT2D eigenvalue weighted by Gasteiger charge is 2.63. The fraction of sp³-hybridized carbons (Fsp3) is 0.444. The van der Waals surface area contributed by atoms with Crippen LogP contribution in [-0.2, 0) is 16.0 Å². The van der Waals surface area contributed by atoms with Gasteiger partial charge in [-0.2, -0.15) is 0 Å². The summed E-state index contributed by atoms with van der Waals surface area (Å²) in [6.45, 7) is 2.05. The van der Waals surface area contributed by atoms with Gasteiger partial charge in [0.05, 0.1) is 6.04 Å². The number of carbonyl (C=O) groups is 3. The molecule has 2 aromatic rings. The third kappa shape index (κ3) is 3.13. The molecule has 3 fully saturated rings. The molecule has 7 heteroatoms. The smallest absolute Gasteiger partial charge is 0.331 e. The molecule has 0 radical (unpaired) electrons. The summed E-state index contributed by atoms with van der Waals surface area (Å²) >= 11 is 0. The van der Waals surface area contributed by atoms with E-state index < -0.39 is 17.4 Å². The standard InChI is InChI=1S/C27H30N4O3/c32-24-27(25(33)31(26(34)28-24)21-12-5-2-6-13-21)17-19-9-7-8-14-22(19)30-16-15-29(18-23(27)30)20-10-3-1-4-11-20/h1,3-4,7-11,14,21,23H,2,5-6,12-13,15-18H2,(H,28,32,34)/t23-,27+/m1/s1. The van der Waals surface area contributed by atoms with Crippen LogP contribution >= 0.6 is 0 Å². The van der Waals surface area contributed by atoms with Crippen LogP contribution in [0.3, 0.4) is 0 Å². The number of amides is 4. The van der Waals surface area contributed by atoms with Crippen molar-refractivity contribution < 1.29 is 14.4 Å². The zero-order valence-corrected chi connectivity index (χ0v) is 19.3. The number of hydrogen-bond acceptors (Lipinski definition) is 5. The molecule has 4 amide bonds. The van der Waals surface area contributed by atoms with Crippen molar-refractivity contribution in [2.75, 3.05) is 29.4 Å². The zero-order valence-electron chi connectivity index (χ0n) is 19.3. The Labute approximate surface area is 199 Å². The Bertz CT molecular complexity index is 1130. The van der Waals surface area contributed by atoms with Crippen molar-refractivity contribution >= 4 is 29.2 Å². The number of piperazine rings is 1. The first-order valence-corrected chi connectivity index (χ1v) is 12.4. The number of hydrogen-bond donors (Lipinski definition) is 1. The van der Waals surface area contributed by atoms with Gasteiger partial charge in [-0.25, -0.2) is 4.79 Å². The highest BCUT2D eigenvalue weighted by atomic mass is 16.2. The van der Waals surface area contributed by atoms with E-state index in [1.165, 1.54) is 4.90 Å². The predicted molar refractivity (Wildman–Crippen MR) is 130 cm³/mol. The molecule has 1 N–H and O–H groups in total. The van der Waals surface area contributed by atoms with E-state index in [1.54, 1.807) is 0 Å². The van der Waals surface area contributed by atoms with Gasteiger partial charge in [0, 0.05) is 37.1 Å². The van der Waals surface area contributed by atoms with Crippen LogP contribution in [0, 0.1) is 5.41 Å². The summed E-state index contributed by atoms with van der Waals surface area (Å²) in [6, 6.07) is 17.2. The number of nitrogens with zero attached hydrogens (tertiary/aromatic N) is 3. The number of benzene rings is 2. The Morgan fingerprint density at radius 3 is 2.38 bits per heavy atom. The van der Waals surface area contributed by atoms with Crippen LogP contribution in [0.1, 0.15) is 37.7 Å². The molecule has 1 saturated carbocycles. The predicted octanol–water partition coefficient (Wildman–Crippen LogP) is 3.34. The Balaban J connectivity index is 1.45. The SMILES string of the molecule is O=C1NC(=O)[C@@]2(Cc3ccccc3N3CCN(c4ccccc4)C[C@@H]32)C(=O)N1C1CCCCC1. The second-order valence-electron chi connectivity index (χ2n) is 9.99. The van der Waals surface area contributed by atoms with Gasteiger partial charge in [-0.3, -0.25) is 19.8 Å². The van der Waals surface area contributed by atoms with Gasteiger partial charge in [0.15, 0.2) is 5.41 Å². The maximum Gasteiger partial charge on any atom is 0.331 e. The van der Waals surface area contributed by atoms with Crippen LogP contribution in [0.2, 0.25) is 0 Å². The van der Waals surface area contributed by atoms with Gasteiger partial charge in [-0.05, 0) is 43.0 Å². The van der Waals surface area contributed by atoms with E-state index in [9.17, 15) is 14.4 Å². The molecule has 6 rings (SSSR count). The molecular weight excluding hydrogens is 428 g/mol. The molecule has 3 heterocycles. The van der Waals surface area contributed by atoms with Crippen LogP contribution in [0.25, 0.3) is 0 Å². The van der Waals surface area contributed by atoms with Crippen LogP contribution in [0.4, 0.5) is 16.2 Å². The van der Waals surface area contributed by atoms with Crippen molar-refractivity contribution in [3.8, 4) is 0 Å². The Hall–Kier alpha value is -3.35. The lowest BCUT2D eigenvalue weighted by Gasteiger charge is -2.56. The molecule has 2 atom stereocenters. The summed E-state index contributed by atoms with van der Waals surface area (Å²) in [7, 11) is 0. The summed E-state index contributed by atoms with van der Waals surface area (Å²) in [6.07, 6.45) is 5.06. The highest BCUT2D eigenvalue weighted by Crippen LogP contribution is 2.46. The van der Waals surface area contributed by atoms with E-state index in [0.29, 0.717) is 19.5 Å². The van der Waals surface area contributed by atoms with Crippen molar-refractivity contribution in [2.24, 2.45) is 5.41 Å². The van der Waals surface area contributed by atoms with Crippen molar-refractivity contribution in [1.82, 2.24) is 10.2 Å². The van der Waals surface area contributed by atoms with Crippen molar-refractivity contribution in [1.29, 1.82) is 0 Å². The minimum absolute atomic E-state index is 0.134. The van der Waals surface area contributed by atoms with Gasteiger partial charge in [0.25, 0.3) is 0 Å². The molecule has 0 bridgehead atoms. The molecule has 0 aromatic heterocycles. The van der Waals surface area contributed by atoms with Gasteiger partial charge in [0.2, 0.25) is 11.8 Å². The zero-order chi connectivity index (χ0) is 23.3. The van der Waals surface area contributed by atoms with E-state index >= 15 is 0 Å². The minimum Gasteiger partial charge on any atom is -0.368 e. The molecule has 2 aromatic carbocycles. The molecule has 176 valence electrons. The lowest BCUT2D eigenvalue weighted by atomic mass is 9.67. The van der Waals surface area contributed by atoms with Crippen LogP contribution in [-0.4, -0.2) is 54.5 Å². The summed E-state index contributed by atoms with van der Waals surface area (Å²) in [5, 5.41) is 2.62. The number of imide groups is 2. The summed E-state index contributed by atoms with van der Waals surface area (Å²) in [4.78, 5) is 46.9. The summed E-state index contributed by atoms with van der Waals surface area (Å²) in [5.74, 6) is -0.762. The molecule has 34 heavy (non-hydrogen) atoms. The third-order valence-corrected chi connectivity index (χ3v) is 8.23. The number of barbiturate groups is 1. The van der Waals surface area contributed by atoms with E-state index in [1.807, 2.05) is 36.4 Å². The molecule has 7 nitrogen and oxygen atoms in total. The summed E-state index contributed by atoms with van der Waals surface area (Å²) in [5.41, 5.74) is 1.84. The molecule has 1 spiro atoms. The van der Waals surface area contributed by atoms with Gasteiger partial charge < -0.3 is 9.80 Å². The minimum atomic E-state index is -1.33. The van der Waals surface area contributed by atoms with E-state index in [2.05, 4.69) is 33.3 Å². The third-order valence-electron chi connectivity index (χ3n) is 8.23. The number of nitrogens with one attached hydrogen (secondary N) is 1. The second kappa shape index (κ2) is 8.15. The quantitative estimate of drug-likeness (QED) is 0.699. The molecular formula is C27H30N4O3. The number of carbonyl (C=O) groups excluding carboxylic acids is 3. The maximum atomic E-state index is 14.3. The Kier molecular flexibility index (Phi) is 5.08. The number of para-hydroxylation sites is 2. The van der Waals surface area contributed by atoms with Crippen molar-refractivity contribution in [2.45, 2.75) is 50.6 Å². The largest absolute Gasteiger partial charge is 0.368 e. The van der Waals surface area contributed by atoms with Gasteiger partial charge >= 0.3 is 6.03 Å². The first-order valence-electron chi connectivity index (χ1n) is 12.4. The van der Waals surface area contributed by atoms with Gasteiger partial charge in [-0.15, -0.1) is 0 Å². The first-order chi connectivity index (χ1) is 16.6. The van der Waals surface area contributed by atoms with E-state index in [4.69, 9.17) is 0 Å². The molecule has 1 aliphatic carbocycles. The highest BCUT2D eigenvalue weighted by molar-refractivity contribution is 6.20. The lowest BCUT2D eigenvalue weighted by Crippen LogP contribution is -2.76. The second-order valence-corrected chi connectivity index (χ2v) is 9.99. The van der Waals surface area contributed by atoms with Gasteiger partial charge in [-0.1, -0.05) is 55.7 Å². The molecule has 3 aliphatic heterocycles. The number of rotatable bonds is 2. The number of urea groups is 1. The Morgan fingerprint density at radius 1 is 0.853 bits per heavy atom. The average Bonchev–Trinajstić information content (AvgIpc) is 2.88. The van der Waals surface area contributed by atoms with Gasteiger partial charge in [0.1, 0.15) is 0 Å². The van der Waals surface area contributed by atoms with Crippen molar-refractivity contribution in [3.63, 3.8) is 0 Å². The van der Waals surface area contributed by atoms with Crippen LogP contribution in [0.5, 0.6) is 0 Å². The molecule has 2 saturated heterocycles. The average molecular weight is 459 g/mol. The number of fused-ring (bicyclic) bond motifs is 4. The lowest BCUT2D eigenvalue weighted by molar-refractivity contribution is -0.155. The monoisotopic (exact) mass is 458 g/mol. The van der Waals surface area contributed by atoms with E-state index in [0.717, 1.165) is 55.6 Å². The summed E-state index contributed by atoms with van der Waals surface area (Å²) < 4.78 is 0. The Morgan fingerprint density at radius 2 is 1.59 bits per heavy atom. The first kappa shape index (κ1) is 21.2. The van der Waals surface area contributed by atoms with E-state index in [-0.39, 0.29) is 18.0 Å². The maximum absolute atomic E-state index is 14.3. The van der Waals surface area contributed by atoms with Crippen LogP contribution in [0.15, 0.2) is 54.6 Å². The van der Waals surface area contributed by atoms with Crippen molar-refractivity contribution in [3.05, 3.63) is 60.2 Å². The fourth-order valence-electron chi connectivity index (χ4n) is 6.52. The normalized spacial score (nSPS) is 27.5. The van der Waals surface area contributed by atoms with Crippen LogP contribution < -0.4 is 15.1 Å².